The number of hydrogen-bond donors (Lipinski definition) is 1. The second kappa shape index (κ2) is 8.43. The fraction of sp³-hybridized carbons (Fsp3) is 0.381. The standard InChI is InChI=1S/C21H23F2N5O2S/c1-3-13-4-7-24-20-16(13)10-14(11-17(20)22)19-18(23)12-25-21(27-19)26-15-5-8-28(9-6-15)31(2,29)30/h4,7,10-12,15H,3,5-6,8-9H2,1-2H3,(H,25,26,27). The topological polar surface area (TPSA) is 88.1 Å². The highest BCUT2D eigenvalue weighted by Gasteiger charge is 2.25. The van der Waals surface area contributed by atoms with Crippen LogP contribution >= 0.6 is 0 Å². The molecule has 0 radical (unpaired) electrons. The van der Waals surface area contributed by atoms with Crippen LogP contribution in [0.15, 0.2) is 30.6 Å². The maximum atomic E-state index is 14.7. The van der Waals surface area contributed by atoms with Crippen molar-refractivity contribution in [3.8, 4) is 11.3 Å². The van der Waals surface area contributed by atoms with Gasteiger partial charge in [0.15, 0.2) is 5.82 Å². The van der Waals surface area contributed by atoms with Crippen molar-refractivity contribution in [3.63, 3.8) is 0 Å². The molecule has 0 aliphatic carbocycles. The normalized spacial score (nSPS) is 16.0. The van der Waals surface area contributed by atoms with Gasteiger partial charge in [0.2, 0.25) is 16.0 Å². The molecular formula is C21H23F2N5O2S. The van der Waals surface area contributed by atoms with Crippen LogP contribution in [-0.2, 0) is 16.4 Å². The molecule has 2 aromatic heterocycles. The van der Waals surface area contributed by atoms with Crippen LogP contribution in [0.5, 0.6) is 0 Å². The van der Waals surface area contributed by atoms with E-state index in [0.717, 1.165) is 11.8 Å². The van der Waals surface area contributed by atoms with Gasteiger partial charge in [0.1, 0.15) is 17.0 Å². The van der Waals surface area contributed by atoms with E-state index in [-0.39, 0.29) is 23.2 Å². The summed E-state index contributed by atoms with van der Waals surface area (Å²) < 4.78 is 54.0. The Bertz CT molecular complexity index is 1230. The van der Waals surface area contributed by atoms with Crippen molar-refractivity contribution in [2.45, 2.75) is 32.2 Å². The Kier molecular flexibility index (Phi) is 5.85. The van der Waals surface area contributed by atoms with Gasteiger partial charge < -0.3 is 5.32 Å². The summed E-state index contributed by atoms with van der Waals surface area (Å²) in [5, 5.41) is 3.77. The fourth-order valence-electron chi connectivity index (χ4n) is 3.87. The Hall–Kier alpha value is -2.72. The van der Waals surface area contributed by atoms with Crippen LogP contribution in [0.25, 0.3) is 22.2 Å². The highest BCUT2D eigenvalue weighted by atomic mass is 32.2. The molecule has 3 heterocycles. The maximum absolute atomic E-state index is 14.7. The lowest BCUT2D eigenvalue weighted by molar-refractivity contribution is 0.331. The predicted molar refractivity (Wildman–Crippen MR) is 115 cm³/mol. The van der Waals surface area contributed by atoms with Gasteiger partial charge in [-0.3, -0.25) is 4.98 Å². The van der Waals surface area contributed by atoms with Crippen LogP contribution in [0.4, 0.5) is 14.7 Å². The number of sulfonamides is 1. The molecule has 0 amide bonds. The molecule has 1 aliphatic heterocycles. The van der Waals surface area contributed by atoms with E-state index in [0.29, 0.717) is 43.3 Å². The van der Waals surface area contributed by atoms with Crippen LogP contribution in [0.1, 0.15) is 25.3 Å². The molecule has 10 heteroatoms. The number of anilines is 1. The Morgan fingerprint density at radius 1 is 1.16 bits per heavy atom. The molecule has 0 bridgehead atoms. The summed E-state index contributed by atoms with van der Waals surface area (Å²) in [6, 6.07) is 4.71. The molecule has 1 aromatic carbocycles. The van der Waals surface area contributed by atoms with Gasteiger partial charge in [-0.1, -0.05) is 6.92 Å². The minimum Gasteiger partial charge on any atom is -0.351 e. The van der Waals surface area contributed by atoms with Crippen molar-refractivity contribution in [2.24, 2.45) is 0 Å². The molecular weight excluding hydrogens is 424 g/mol. The van der Waals surface area contributed by atoms with Crippen LogP contribution in [-0.4, -0.2) is 53.1 Å². The first kappa shape index (κ1) is 21.5. The smallest absolute Gasteiger partial charge is 0.223 e. The summed E-state index contributed by atoms with van der Waals surface area (Å²) in [5.41, 5.74) is 1.46. The van der Waals surface area contributed by atoms with E-state index in [4.69, 9.17) is 0 Å². The lowest BCUT2D eigenvalue weighted by Crippen LogP contribution is -2.42. The molecule has 0 unspecified atom stereocenters. The fourth-order valence-corrected chi connectivity index (χ4v) is 4.74. The van der Waals surface area contributed by atoms with Crippen molar-refractivity contribution in [3.05, 3.63) is 47.8 Å². The monoisotopic (exact) mass is 447 g/mol. The zero-order chi connectivity index (χ0) is 22.2. The minimum atomic E-state index is -3.21. The SMILES string of the molecule is CCc1ccnc2c(F)cc(-c3nc(NC4CCN(S(C)(=O)=O)CC4)ncc3F)cc12. The molecule has 164 valence electrons. The molecule has 3 aromatic rings. The van der Waals surface area contributed by atoms with E-state index in [1.54, 1.807) is 12.3 Å². The van der Waals surface area contributed by atoms with E-state index in [1.807, 2.05) is 13.0 Å². The van der Waals surface area contributed by atoms with Crippen LogP contribution in [0, 0.1) is 11.6 Å². The Balaban J connectivity index is 1.62. The Morgan fingerprint density at radius 3 is 2.58 bits per heavy atom. The van der Waals surface area contributed by atoms with Crippen LogP contribution in [0.3, 0.4) is 0 Å². The molecule has 1 fully saturated rings. The first-order valence-corrected chi connectivity index (χ1v) is 11.9. The third kappa shape index (κ3) is 4.49. The lowest BCUT2D eigenvalue weighted by atomic mass is 10.0. The lowest BCUT2D eigenvalue weighted by Gasteiger charge is -2.30. The van der Waals surface area contributed by atoms with Gasteiger partial charge in [0.25, 0.3) is 0 Å². The van der Waals surface area contributed by atoms with E-state index in [2.05, 4.69) is 20.3 Å². The maximum Gasteiger partial charge on any atom is 0.223 e. The van der Waals surface area contributed by atoms with Crippen molar-refractivity contribution in [1.29, 1.82) is 0 Å². The summed E-state index contributed by atoms with van der Waals surface area (Å²) in [4.78, 5) is 12.4. The van der Waals surface area contributed by atoms with Gasteiger partial charge >= 0.3 is 0 Å². The number of aromatic nitrogens is 3. The number of fused-ring (bicyclic) bond motifs is 1. The molecule has 31 heavy (non-hydrogen) atoms. The number of hydrogen-bond acceptors (Lipinski definition) is 6. The van der Waals surface area contributed by atoms with Gasteiger partial charge in [-0.2, -0.15) is 0 Å². The second-order valence-electron chi connectivity index (χ2n) is 7.65. The van der Waals surface area contributed by atoms with E-state index < -0.39 is 21.7 Å². The van der Waals surface area contributed by atoms with E-state index in [1.165, 1.54) is 16.6 Å². The summed E-state index contributed by atoms with van der Waals surface area (Å²) >= 11 is 0. The average molecular weight is 448 g/mol. The molecule has 1 N–H and O–H groups in total. The number of nitrogens with zero attached hydrogens (tertiary/aromatic N) is 4. The van der Waals surface area contributed by atoms with Crippen molar-refractivity contribution in [2.75, 3.05) is 24.7 Å². The Labute approximate surface area is 179 Å². The number of benzene rings is 1. The summed E-state index contributed by atoms with van der Waals surface area (Å²) in [6.07, 6.45) is 5.67. The molecule has 1 aliphatic rings. The molecule has 0 saturated carbocycles. The molecule has 7 nitrogen and oxygen atoms in total. The van der Waals surface area contributed by atoms with E-state index >= 15 is 0 Å². The number of nitrogens with one attached hydrogen (secondary N) is 1. The number of halogens is 2. The number of piperidine rings is 1. The first-order valence-electron chi connectivity index (χ1n) is 10.1. The summed E-state index contributed by atoms with van der Waals surface area (Å²) in [5.74, 6) is -0.974. The van der Waals surface area contributed by atoms with Crippen LogP contribution in [0.2, 0.25) is 0 Å². The predicted octanol–water partition coefficient (Wildman–Crippen LogP) is 3.37. The van der Waals surface area contributed by atoms with Gasteiger partial charge in [-0.15, -0.1) is 0 Å². The second-order valence-corrected chi connectivity index (χ2v) is 9.63. The minimum absolute atomic E-state index is 0.00206. The number of aryl methyl sites for hydroxylation is 1. The quantitative estimate of drug-likeness (QED) is 0.645. The highest BCUT2D eigenvalue weighted by Crippen LogP contribution is 2.29. The summed E-state index contributed by atoms with van der Waals surface area (Å²) in [7, 11) is -3.21. The van der Waals surface area contributed by atoms with Gasteiger partial charge in [-0.25, -0.2) is 31.5 Å². The molecule has 1 saturated heterocycles. The zero-order valence-corrected chi connectivity index (χ0v) is 18.1. The number of rotatable bonds is 5. The van der Waals surface area contributed by atoms with Crippen molar-refractivity contribution >= 4 is 26.9 Å². The first-order chi connectivity index (χ1) is 14.8. The van der Waals surface area contributed by atoms with Gasteiger partial charge in [-0.05, 0) is 43.0 Å². The van der Waals surface area contributed by atoms with Gasteiger partial charge in [0, 0.05) is 36.3 Å². The van der Waals surface area contributed by atoms with Crippen molar-refractivity contribution in [1.82, 2.24) is 19.3 Å². The third-order valence-electron chi connectivity index (χ3n) is 5.54. The van der Waals surface area contributed by atoms with E-state index in [9.17, 15) is 17.2 Å². The Morgan fingerprint density at radius 2 is 1.90 bits per heavy atom. The summed E-state index contributed by atoms with van der Waals surface area (Å²) in [6.45, 7) is 2.75. The van der Waals surface area contributed by atoms with Crippen molar-refractivity contribution < 1.29 is 17.2 Å². The highest BCUT2D eigenvalue weighted by molar-refractivity contribution is 7.88. The molecule has 4 rings (SSSR count). The molecule has 0 atom stereocenters. The van der Waals surface area contributed by atoms with Crippen LogP contribution < -0.4 is 5.32 Å². The molecule has 0 spiro atoms. The third-order valence-corrected chi connectivity index (χ3v) is 6.85. The average Bonchev–Trinajstić information content (AvgIpc) is 2.74. The number of pyridine rings is 1. The zero-order valence-electron chi connectivity index (χ0n) is 17.3. The van der Waals surface area contributed by atoms with Gasteiger partial charge in [0.05, 0.1) is 12.5 Å². The largest absolute Gasteiger partial charge is 0.351 e.